The zero-order valence-corrected chi connectivity index (χ0v) is 11.0. The van der Waals surface area contributed by atoms with E-state index in [1.165, 1.54) is 11.3 Å². The Hall–Kier alpha value is -1.03. The van der Waals surface area contributed by atoms with E-state index in [0.29, 0.717) is 11.4 Å². The number of halogens is 1. The van der Waals surface area contributed by atoms with Crippen LogP contribution in [0.3, 0.4) is 0 Å². The first-order valence-electron chi connectivity index (χ1n) is 5.24. The van der Waals surface area contributed by atoms with Crippen LogP contribution in [0, 0.1) is 0 Å². The Morgan fingerprint density at radius 1 is 1.41 bits per heavy atom. The van der Waals surface area contributed by atoms with E-state index in [1.54, 1.807) is 13.2 Å². The molecule has 0 bridgehead atoms. The first-order valence-corrected chi connectivity index (χ1v) is 6.50. The average Bonchev–Trinajstić information content (AvgIpc) is 2.76. The highest BCUT2D eigenvalue weighted by Crippen LogP contribution is 2.31. The Bertz CT molecular complexity index is 496. The first kappa shape index (κ1) is 12.4. The lowest BCUT2D eigenvalue weighted by molar-refractivity contribution is 0.182. The minimum absolute atomic E-state index is 0.539. The summed E-state index contributed by atoms with van der Waals surface area (Å²) in [6.45, 7) is 0. The Labute approximate surface area is 109 Å². The summed E-state index contributed by atoms with van der Waals surface area (Å²) in [5.41, 5.74) is 1.03. The fraction of sp³-hybridized carbons (Fsp3) is 0.231. The molecule has 90 valence electrons. The molecule has 1 atom stereocenters. The quantitative estimate of drug-likeness (QED) is 0.916. The number of aliphatic hydroxyl groups is 1. The summed E-state index contributed by atoms with van der Waals surface area (Å²) < 4.78 is 5.15. The van der Waals surface area contributed by atoms with Gasteiger partial charge < -0.3 is 9.84 Å². The highest BCUT2D eigenvalue weighted by molar-refractivity contribution is 7.10. The lowest BCUT2D eigenvalue weighted by Crippen LogP contribution is -2.00. The molecule has 0 radical (unpaired) electrons. The average molecular weight is 269 g/mol. The summed E-state index contributed by atoms with van der Waals surface area (Å²) >= 11 is 7.46. The summed E-state index contributed by atoms with van der Waals surface area (Å²) in [5.74, 6) is 0.798. The zero-order valence-electron chi connectivity index (χ0n) is 9.39. The van der Waals surface area contributed by atoms with E-state index in [0.717, 1.165) is 16.2 Å². The maximum absolute atomic E-state index is 10.1. The Morgan fingerprint density at radius 2 is 2.24 bits per heavy atom. The molecule has 17 heavy (non-hydrogen) atoms. The number of methoxy groups -OCH3 is 1. The number of rotatable bonds is 4. The van der Waals surface area contributed by atoms with Gasteiger partial charge in [0, 0.05) is 6.42 Å². The molecule has 1 aromatic carbocycles. The van der Waals surface area contributed by atoms with E-state index in [-0.39, 0.29) is 0 Å². The van der Waals surface area contributed by atoms with E-state index in [2.05, 4.69) is 0 Å². The van der Waals surface area contributed by atoms with Crippen LogP contribution in [0.25, 0.3) is 0 Å². The van der Waals surface area contributed by atoms with Crippen molar-refractivity contribution in [1.29, 1.82) is 0 Å². The van der Waals surface area contributed by atoms with Gasteiger partial charge >= 0.3 is 0 Å². The van der Waals surface area contributed by atoms with Gasteiger partial charge in [-0.2, -0.15) is 0 Å². The summed E-state index contributed by atoms with van der Waals surface area (Å²) in [6.07, 6.45) is -0.0214. The van der Waals surface area contributed by atoms with E-state index in [1.807, 2.05) is 29.6 Å². The van der Waals surface area contributed by atoms with Crippen LogP contribution in [0.1, 0.15) is 16.5 Å². The van der Waals surface area contributed by atoms with Crippen molar-refractivity contribution in [2.75, 3.05) is 7.11 Å². The number of hydrogen-bond donors (Lipinski definition) is 1. The molecular weight excluding hydrogens is 256 g/mol. The molecule has 1 aromatic heterocycles. The highest BCUT2D eigenvalue weighted by atomic mass is 35.5. The van der Waals surface area contributed by atoms with Crippen LogP contribution in [0.15, 0.2) is 35.7 Å². The molecule has 0 spiro atoms. The maximum Gasteiger partial charge on any atom is 0.119 e. The van der Waals surface area contributed by atoms with Gasteiger partial charge in [-0.3, -0.25) is 0 Å². The molecule has 4 heteroatoms. The Balaban J connectivity index is 2.13. The van der Waals surface area contributed by atoms with E-state index >= 15 is 0 Å². The summed E-state index contributed by atoms with van der Waals surface area (Å²) in [6, 6.07) is 9.49. The van der Waals surface area contributed by atoms with Crippen molar-refractivity contribution >= 4 is 22.9 Å². The zero-order chi connectivity index (χ0) is 12.3. The van der Waals surface area contributed by atoms with Gasteiger partial charge in [-0.25, -0.2) is 0 Å². The third kappa shape index (κ3) is 3.00. The molecule has 0 saturated carbocycles. The number of benzene rings is 1. The topological polar surface area (TPSA) is 29.5 Å². The molecular formula is C13H13ClO2S. The second-order valence-electron chi connectivity index (χ2n) is 3.70. The van der Waals surface area contributed by atoms with Crippen molar-refractivity contribution in [2.45, 2.75) is 12.5 Å². The van der Waals surface area contributed by atoms with Crippen molar-refractivity contribution in [1.82, 2.24) is 0 Å². The fourth-order valence-electron chi connectivity index (χ4n) is 1.66. The second kappa shape index (κ2) is 5.54. The molecule has 0 aliphatic carbocycles. The van der Waals surface area contributed by atoms with Gasteiger partial charge in [0.25, 0.3) is 0 Å². The van der Waals surface area contributed by atoms with Gasteiger partial charge in [-0.1, -0.05) is 23.7 Å². The Kier molecular flexibility index (Phi) is 4.05. The molecule has 0 amide bonds. The standard InChI is InChI=1S/C13H13ClO2S/c1-16-10-4-2-3-9(7-10)8-12(15)13-11(14)5-6-17-13/h2-7,12,15H,8H2,1H3. The number of ether oxygens (including phenoxy) is 1. The molecule has 2 rings (SSSR count). The predicted molar refractivity (Wildman–Crippen MR) is 71.0 cm³/mol. The predicted octanol–water partition coefficient (Wildman–Crippen LogP) is 3.69. The smallest absolute Gasteiger partial charge is 0.119 e. The van der Waals surface area contributed by atoms with Crippen LogP contribution in [-0.2, 0) is 6.42 Å². The minimum Gasteiger partial charge on any atom is -0.497 e. The Morgan fingerprint density at radius 3 is 2.88 bits per heavy atom. The van der Waals surface area contributed by atoms with Gasteiger partial charge in [-0.05, 0) is 29.1 Å². The molecule has 0 fully saturated rings. The van der Waals surface area contributed by atoms with Crippen molar-refractivity contribution < 1.29 is 9.84 Å². The van der Waals surface area contributed by atoms with Crippen LogP contribution in [0.2, 0.25) is 5.02 Å². The molecule has 1 heterocycles. The normalized spacial score (nSPS) is 12.4. The SMILES string of the molecule is COc1cccc(CC(O)c2sccc2Cl)c1. The maximum atomic E-state index is 10.1. The third-order valence-corrected chi connectivity index (χ3v) is 3.97. The lowest BCUT2D eigenvalue weighted by Gasteiger charge is -2.10. The third-order valence-electron chi connectivity index (χ3n) is 2.51. The number of hydrogen-bond acceptors (Lipinski definition) is 3. The van der Waals surface area contributed by atoms with E-state index in [4.69, 9.17) is 16.3 Å². The van der Waals surface area contributed by atoms with E-state index < -0.39 is 6.10 Å². The van der Waals surface area contributed by atoms with Gasteiger partial charge in [0.2, 0.25) is 0 Å². The molecule has 0 aliphatic rings. The van der Waals surface area contributed by atoms with Crippen LogP contribution in [0.4, 0.5) is 0 Å². The minimum atomic E-state index is -0.561. The van der Waals surface area contributed by atoms with Crippen LogP contribution in [0.5, 0.6) is 5.75 Å². The highest BCUT2D eigenvalue weighted by Gasteiger charge is 2.13. The van der Waals surface area contributed by atoms with Crippen molar-refractivity contribution in [3.05, 3.63) is 51.2 Å². The largest absolute Gasteiger partial charge is 0.497 e. The van der Waals surface area contributed by atoms with Crippen LogP contribution >= 0.6 is 22.9 Å². The first-order chi connectivity index (χ1) is 8.20. The molecule has 2 nitrogen and oxygen atoms in total. The van der Waals surface area contributed by atoms with E-state index in [9.17, 15) is 5.11 Å². The van der Waals surface area contributed by atoms with Gasteiger partial charge in [0.15, 0.2) is 0 Å². The summed E-state index contributed by atoms with van der Waals surface area (Å²) in [5, 5.41) is 12.6. The molecule has 0 saturated heterocycles. The lowest BCUT2D eigenvalue weighted by atomic mass is 10.1. The second-order valence-corrected chi connectivity index (χ2v) is 5.06. The molecule has 0 aliphatic heterocycles. The summed E-state index contributed by atoms with van der Waals surface area (Å²) in [7, 11) is 1.63. The molecule has 2 aromatic rings. The number of aliphatic hydroxyl groups excluding tert-OH is 1. The number of thiophene rings is 1. The van der Waals surface area contributed by atoms with Crippen molar-refractivity contribution in [2.24, 2.45) is 0 Å². The summed E-state index contributed by atoms with van der Waals surface area (Å²) in [4.78, 5) is 0.814. The monoisotopic (exact) mass is 268 g/mol. The van der Waals surface area contributed by atoms with Crippen molar-refractivity contribution in [3.8, 4) is 5.75 Å². The van der Waals surface area contributed by atoms with Gasteiger partial charge in [0.05, 0.1) is 23.1 Å². The fourth-order valence-corrected chi connectivity index (χ4v) is 2.83. The van der Waals surface area contributed by atoms with Crippen LogP contribution in [-0.4, -0.2) is 12.2 Å². The van der Waals surface area contributed by atoms with Gasteiger partial charge in [-0.15, -0.1) is 11.3 Å². The van der Waals surface area contributed by atoms with Crippen LogP contribution < -0.4 is 4.74 Å². The van der Waals surface area contributed by atoms with Crippen molar-refractivity contribution in [3.63, 3.8) is 0 Å². The van der Waals surface area contributed by atoms with Gasteiger partial charge in [0.1, 0.15) is 5.75 Å². The molecule has 1 unspecified atom stereocenters. The molecule has 1 N–H and O–H groups in total.